The molecule has 3 aromatic rings. The summed E-state index contributed by atoms with van der Waals surface area (Å²) in [4.78, 5) is 0.214. The molecule has 3 aromatic carbocycles. The molecule has 0 fully saturated rings. The van der Waals surface area contributed by atoms with Crippen LogP contribution in [0, 0.1) is 17.7 Å². The van der Waals surface area contributed by atoms with E-state index >= 15 is 0 Å². The maximum absolute atomic E-state index is 12.9. The van der Waals surface area contributed by atoms with Crippen LogP contribution in [0.3, 0.4) is 0 Å². The molecule has 24 heavy (non-hydrogen) atoms. The van der Waals surface area contributed by atoms with Crippen molar-refractivity contribution in [2.24, 2.45) is 0 Å². The molecule has 0 aliphatic carbocycles. The van der Waals surface area contributed by atoms with Crippen molar-refractivity contribution >= 4 is 9.84 Å². The van der Waals surface area contributed by atoms with E-state index in [1.807, 2.05) is 30.3 Å². The van der Waals surface area contributed by atoms with Crippen molar-refractivity contribution in [3.63, 3.8) is 0 Å². The minimum Gasteiger partial charge on any atom is -0.219 e. The minimum absolute atomic E-state index is 0.0621. The maximum Gasteiger partial charge on any atom is 0.206 e. The summed E-state index contributed by atoms with van der Waals surface area (Å²) in [5, 5.41) is 0. The number of benzene rings is 3. The first-order valence-corrected chi connectivity index (χ1v) is 8.72. The van der Waals surface area contributed by atoms with E-state index in [4.69, 9.17) is 0 Å². The van der Waals surface area contributed by atoms with E-state index < -0.39 is 15.7 Å². The highest BCUT2D eigenvalue weighted by Crippen LogP contribution is 2.21. The number of hydrogen-bond acceptors (Lipinski definition) is 2. The van der Waals surface area contributed by atoms with Crippen LogP contribution >= 0.6 is 0 Å². The fourth-order valence-electron chi connectivity index (χ4n) is 2.13. The van der Waals surface area contributed by atoms with Crippen LogP contribution in [0.1, 0.15) is 11.1 Å². The molecule has 0 atom stereocenters. The van der Waals surface area contributed by atoms with E-state index in [2.05, 4.69) is 11.8 Å². The van der Waals surface area contributed by atoms with Crippen molar-refractivity contribution in [2.45, 2.75) is 9.79 Å². The third-order valence-corrected chi connectivity index (χ3v) is 5.20. The fourth-order valence-corrected chi connectivity index (χ4v) is 3.39. The molecule has 3 rings (SSSR count). The lowest BCUT2D eigenvalue weighted by Gasteiger charge is -2.04. The molecule has 0 saturated heterocycles. The molecule has 0 amide bonds. The van der Waals surface area contributed by atoms with Gasteiger partial charge in [0.15, 0.2) is 0 Å². The van der Waals surface area contributed by atoms with E-state index in [0.717, 1.165) is 23.3 Å². The van der Waals surface area contributed by atoms with E-state index in [9.17, 15) is 12.8 Å². The number of hydrogen-bond donors (Lipinski definition) is 0. The van der Waals surface area contributed by atoms with Crippen LogP contribution in [-0.2, 0) is 9.84 Å². The lowest BCUT2D eigenvalue weighted by atomic mass is 10.2. The van der Waals surface area contributed by atoms with Gasteiger partial charge >= 0.3 is 0 Å². The zero-order valence-electron chi connectivity index (χ0n) is 12.6. The molecule has 0 saturated carbocycles. The Labute approximate surface area is 140 Å². The summed E-state index contributed by atoms with van der Waals surface area (Å²) < 4.78 is 37.9. The van der Waals surface area contributed by atoms with Gasteiger partial charge in [-0.15, -0.1) is 0 Å². The average Bonchev–Trinajstić information content (AvgIpc) is 2.61. The van der Waals surface area contributed by atoms with Gasteiger partial charge in [0.25, 0.3) is 0 Å². The molecular weight excluding hydrogens is 323 g/mol. The third-order valence-electron chi connectivity index (χ3n) is 3.41. The minimum atomic E-state index is -3.65. The second-order valence-corrected chi connectivity index (χ2v) is 7.05. The Morgan fingerprint density at radius 2 is 1.08 bits per heavy atom. The lowest BCUT2D eigenvalue weighted by molar-refractivity contribution is 0.595. The van der Waals surface area contributed by atoms with Gasteiger partial charge in [-0.05, 0) is 60.7 Å². The van der Waals surface area contributed by atoms with Crippen molar-refractivity contribution in [1.29, 1.82) is 0 Å². The van der Waals surface area contributed by atoms with Gasteiger partial charge in [0.1, 0.15) is 5.82 Å². The average molecular weight is 336 g/mol. The molecule has 0 unspecified atom stereocenters. The van der Waals surface area contributed by atoms with E-state index in [1.165, 1.54) is 24.3 Å². The quantitative estimate of drug-likeness (QED) is 0.522. The summed E-state index contributed by atoms with van der Waals surface area (Å²) in [7, 11) is -3.65. The standard InChI is InChI=1S/C20H13FO2S/c21-18-10-14-20(15-11-18)24(22,23)19-12-8-17(9-13-19)7-6-16-4-2-1-3-5-16/h1-5,8-15H. The number of sulfone groups is 1. The van der Waals surface area contributed by atoms with E-state index in [-0.39, 0.29) is 9.79 Å². The Morgan fingerprint density at radius 1 is 0.625 bits per heavy atom. The first-order valence-electron chi connectivity index (χ1n) is 7.23. The number of halogens is 1. The van der Waals surface area contributed by atoms with Crippen LogP contribution in [0.4, 0.5) is 4.39 Å². The first kappa shape index (κ1) is 16.0. The summed E-state index contributed by atoms with van der Waals surface area (Å²) in [6, 6.07) is 20.6. The Balaban J connectivity index is 1.87. The summed E-state index contributed by atoms with van der Waals surface area (Å²) in [5.74, 6) is 5.54. The second-order valence-electron chi connectivity index (χ2n) is 5.10. The molecule has 0 N–H and O–H groups in total. The normalized spacial score (nSPS) is 10.7. The molecule has 0 aliphatic rings. The maximum atomic E-state index is 12.9. The topological polar surface area (TPSA) is 34.1 Å². The van der Waals surface area contributed by atoms with Crippen LogP contribution in [0.5, 0.6) is 0 Å². The molecule has 0 aliphatic heterocycles. The Morgan fingerprint density at radius 3 is 1.62 bits per heavy atom. The molecule has 2 nitrogen and oxygen atoms in total. The Hall–Kier alpha value is -2.90. The van der Waals surface area contributed by atoms with Crippen molar-refractivity contribution in [1.82, 2.24) is 0 Å². The van der Waals surface area contributed by atoms with Crippen LogP contribution < -0.4 is 0 Å². The molecule has 4 heteroatoms. The summed E-state index contributed by atoms with van der Waals surface area (Å²) in [6.07, 6.45) is 0. The summed E-state index contributed by atoms with van der Waals surface area (Å²) in [5.41, 5.74) is 1.61. The van der Waals surface area contributed by atoms with Gasteiger partial charge in [-0.25, -0.2) is 12.8 Å². The van der Waals surface area contributed by atoms with Crippen molar-refractivity contribution in [3.8, 4) is 11.8 Å². The predicted molar refractivity (Wildman–Crippen MR) is 90.7 cm³/mol. The van der Waals surface area contributed by atoms with Gasteiger partial charge in [0.05, 0.1) is 9.79 Å². The molecule has 0 spiro atoms. The monoisotopic (exact) mass is 336 g/mol. The van der Waals surface area contributed by atoms with Crippen molar-refractivity contribution < 1.29 is 12.8 Å². The fraction of sp³-hybridized carbons (Fsp3) is 0. The van der Waals surface area contributed by atoms with Crippen molar-refractivity contribution in [3.05, 3.63) is 95.8 Å². The molecule has 0 heterocycles. The van der Waals surface area contributed by atoms with Crippen LogP contribution in [0.15, 0.2) is 88.7 Å². The van der Waals surface area contributed by atoms with Crippen molar-refractivity contribution in [2.75, 3.05) is 0 Å². The molecule has 0 bridgehead atoms. The second kappa shape index (κ2) is 6.69. The van der Waals surface area contributed by atoms with Gasteiger partial charge < -0.3 is 0 Å². The van der Waals surface area contributed by atoms with Gasteiger partial charge in [0, 0.05) is 11.1 Å². The van der Waals surface area contributed by atoms with Crippen LogP contribution in [0.25, 0.3) is 0 Å². The largest absolute Gasteiger partial charge is 0.219 e. The molecule has 0 radical (unpaired) electrons. The van der Waals surface area contributed by atoms with Gasteiger partial charge in [0.2, 0.25) is 9.84 Å². The van der Waals surface area contributed by atoms with Crippen LogP contribution in [0.2, 0.25) is 0 Å². The zero-order chi connectivity index (χ0) is 17.0. The Kier molecular flexibility index (Phi) is 4.45. The summed E-state index contributed by atoms with van der Waals surface area (Å²) >= 11 is 0. The third kappa shape index (κ3) is 3.53. The smallest absolute Gasteiger partial charge is 0.206 e. The lowest BCUT2D eigenvalue weighted by Crippen LogP contribution is -2.01. The highest BCUT2D eigenvalue weighted by Gasteiger charge is 2.17. The molecular formula is C20H13FO2S. The Bertz CT molecular complexity index is 995. The van der Waals surface area contributed by atoms with Gasteiger partial charge in [-0.2, -0.15) is 0 Å². The highest BCUT2D eigenvalue weighted by atomic mass is 32.2. The summed E-state index contributed by atoms with van der Waals surface area (Å²) in [6.45, 7) is 0. The molecule has 118 valence electrons. The SMILES string of the molecule is O=S(=O)(c1ccc(F)cc1)c1ccc(C#Cc2ccccc2)cc1. The van der Waals surface area contributed by atoms with Gasteiger partial charge in [-0.3, -0.25) is 0 Å². The number of rotatable bonds is 2. The van der Waals surface area contributed by atoms with E-state index in [0.29, 0.717) is 0 Å². The van der Waals surface area contributed by atoms with Gasteiger partial charge in [-0.1, -0.05) is 30.0 Å². The predicted octanol–water partition coefficient (Wildman–Crippen LogP) is 4.06. The van der Waals surface area contributed by atoms with Crippen LogP contribution in [-0.4, -0.2) is 8.42 Å². The zero-order valence-corrected chi connectivity index (χ0v) is 13.4. The van der Waals surface area contributed by atoms with E-state index in [1.54, 1.807) is 12.1 Å². The first-order chi connectivity index (χ1) is 11.6. The highest BCUT2D eigenvalue weighted by molar-refractivity contribution is 7.91. The molecule has 0 aromatic heterocycles.